The van der Waals surface area contributed by atoms with Gasteiger partial charge in [-0.2, -0.15) is 13.2 Å². The summed E-state index contributed by atoms with van der Waals surface area (Å²) in [5.41, 5.74) is 2.72. The Morgan fingerprint density at radius 3 is 2.06 bits per heavy atom. The second kappa shape index (κ2) is 14.8. The maximum absolute atomic E-state index is 13.2. The second-order valence-corrected chi connectivity index (χ2v) is 12.0. The van der Waals surface area contributed by atoms with Crippen molar-refractivity contribution < 1.29 is 32.6 Å². The van der Waals surface area contributed by atoms with Crippen LogP contribution in [0.2, 0.25) is 0 Å². The van der Waals surface area contributed by atoms with E-state index < -0.39 is 23.6 Å². The van der Waals surface area contributed by atoms with E-state index in [9.17, 15) is 27.9 Å². The number of rotatable bonds is 11. The van der Waals surface area contributed by atoms with Gasteiger partial charge in [-0.3, -0.25) is 9.69 Å². The molecule has 0 saturated carbocycles. The monoisotopic (exact) mass is 645 g/mol. The van der Waals surface area contributed by atoms with Crippen LogP contribution in [-0.2, 0) is 19.1 Å². The standard InChI is InChI=1S/C37H38F3N3O4/c1-25(2)32-23-34(41-35(44)27-10-14-31(15-11-27)47-30-6-4-3-5-7-30)33(36(45)46)22-28(32)24-43-20-18-42(19-21-43)17-16-26-8-12-29(13-9-26)37(38,39)40/h3-15,22-23,25H,16-21,24H2,1-2H3,(H,41,44)(H,45,46). The Morgan fingerprint density at radius 2 is 1.47 bits per heavy atom. The third-order valence-electron chi connectivity index (χ3n) is 8.33. The molecule has 47 heavy (non-hydrogen) atoms. The maximum atomic E-state index is 13.2. The number of anilines is 1. The molecular weight excluding hydrogens is 607 g/mol. The second-order valence-electron chi connectivity index (χ2n) is 12.0. The van der Waals surface area contributed by atoms with Gasteiger partial charge in [-0.05, 0) is 89.7 Å². The van der Waals surface area contributed by atoms with Gasteiger partial charge in [0.1, 0.15) is 11.5 Å². The molecule has 0 aromatic heterocycles. The number of halogens is 3. The number of carbonyl (C=O) groups excluding carboxylic acids is 1. The van der Waals surface area contributed by atoms with Gasteiger partial charge in [-0.1, -0.05) is 44.2 Å². The van der Waals surface area contributed by atoms with Gasteiger partial charge in [0.05, 0.1) is 16.8 Å². The Hall–Kier alpha value is -4.67. The number of para-hydroxylation sites is 1. The van der Waals surface area contributed by atoms with Gasteiger partial charge in [0.2, 0.25) is 0 Å². The molecule has 1 aliphatic rings. The van der Waals surface area contributed by atoms with Crippen LogP contribution in [-0.4, -0.2) is 59.5 Å². The van der Waals surface area contributed by atoms with Gasteiger partial charge < -0.3 is 20.1 Å². The molecule has 0 unspecified atom stereocenters. The summed E-state index contributed by atoms with van der Waals surface area (Å²) in [5.74, 6) is -0.214. The zero-order valence-electron chi connectivity index (χ0n) is 26.4. The lowest BCUT2D eigenvalue weighted by molar-refractivity contribution is -0.137. The first-order valence-corrected chi connectivity index (χ1v) is 15.6. The Balaban J connectivity index is 1.20. The van der Waals surface area contributed by atoms with Gasteiger partial charge >= 0.3 is 12.1 Å². The molecule has 246 valence electrons. The Morgan fingerprint density at radius 1 is 0.851 bits per heavy atom. The number of alkyl halides is 3. The third kappa shape index (κ3) is 8.99. The molecule has 1 aliphatic heterocycles. The smallest absolute Gasteiger partial charge is 0.416 e. The number of aromatic carboxylic acids is 1. The van der Waals surface area contributed by atoms with E-state index in [1.54, 1.807) is 36.4 Å². The van der Waals surface area contributed by atoms with Crippen molar-refractivity contribution in [1.82, 2.24) is 9.80 Å². The van der Waals surface area contributed by atoms with Crippen LogP contribution in [0.15, 0.2) is 91.0 Å². The quantitative estimate of drug-likeness (QED) is 0.172. The van der Waals surface area contributed by atoms with Gasteiger partial charge in [0.25, 0.3) is 5.91 Å². The van der Waals surface area contributed by atoms with Crippen LogP contribution in [0.5, 0.6) is 11.5 Å². The van der Waals surface area contributed by atoms with Gasteiger partial charge in [0, 0.05) is 44.8 Å². The van der Waals surface area contributed by atoms with Crippen LogP contribution in [0.4, 0.5) is 18.9 Å². The number of carboxylic acid groups (broad SMARTS) is 1. The number of amides is 1. The summed E-state index contributed by atoms with van der Waals surface area (Å²) < 4.78 is 44.4. The van der Waals surface area contributed by atoms with Crippen molar-refractivity contribution in [3.8, 4) is 11.5 Å². The van der Waals surface area contributed by atoms with Crippen molar-refractivity contribution in [1.29, 1.82) is 0 Å². The van der Waals surface area contributed by atoms with Gasteiger partial charge in [0.15, 0.2) is 0 Å². The van der Waals surface area contributed by atoms with E-state index in [2.05, 4.69) is 15.1 Å². The number of carboxylic acids is 1. The average Bonchev–Trinajstić information content (AvgIpc) is 3.05. The van der Waals surface area contributed by atoms with E-state index in [0.717, 1.165) is 61.5 Å². The lowest BCUT2D eigenvalue weighted by atomic mass is 9.93. The highest BCUT2D eigenvalue weighted by molar-refractivity contribution is 6.08. The van der Waals surface area contributed by atoms with Crippen molar-refractivity contribution in [2.75, 3.05) is 38.0 Å². The van der Waals surface area contributed by atoms with Gasteiger partial charge in [-0.15, -0.1) is 0 Å². The molecule has 7 nitrogen and oxygen atoms in total. The van der Waals surface area contributed by atoms with E-state index in [1.807, 2.05) is 44.2 Å². The summed E-state index contributed by atoms with van der Waals surface area (Å²) >= 11 is 0. The number of carbonyl (C=O) groups is 2. The molecule has 0 bridgehead atoms. The highest BCUT2D eigenvalue weighted by Crippen LogP contribution is 2.31. The lowest BCUT2D eigenvalue weighted by Crippen LogP contribution is -2.46. The van der Waals surface area contributed by atoms with E-state index in [-0.39, 0.29) is 17.2 Å². The van der Waals surface area contributed by atoms with Gasteiger partial charge in [-0.25, -0.2) is 4.79 Å². The Bertz CT molecular complexity index is 1670. The third-order valence-corrected chi connectivity index (χ3v) is 8.33. The first kappa shape index (κ1) is 33.7. The van der Waals surface area contributed by atoms with Crippen molar-refractivity contribution in [3.63, 3.8) is 0 Å². The largest absolute Gasteiger partial charge is 0.478 e. The number of ether oxygens (including phenoxy) is 1. The first-order valence-electron chi connectivity index (χ1n) is 15.6. The summed E-state index contributed by atoms with van der Waals surface area (Å²) in [6.07, 6.45) is -3.67. The summed E-state index contributed by atoms with van der Waals surface area (Å²) in [4.78, 5) is 30.1. The molecular formula is C37H38F3N3O4. The molecule has 5 rings (SSSR count). The number of nitrogens with zero attached hydrogens (tertiary/aromatic N) is 2. The molecule has 4 aromatic carbocycles. The maximum Gasteiger partial charge on any atom is 0.416 e. The summed E-state index contributed by atoms with van der Waals surface area (Å²) in [5, 5.41) is 12.9. The minimum atomic E-state index is -4.34. The average molecular weight is 646 g/mol. The predicted molar refractivity (Wildman–Crippen MR) is 175 cm³/mol. The molecule has 0 aliphatic carbocycles. The number of benzene rings is 4. The van der Waals surface area contributed by atoms with E-state index in [1.165, 1.54) is 12.1 Å². The molecule has 0 spiro atoms. The number of piperazine rings is 1. The predicted octanol–water partition coefficient (Wildman–Crippen LogP) is 7.93. The highest BCUT2D eigenvalue weighted by atomic mass is 19.4. The molecule has 2 N–H and O–H groups in total. The van der Waals surface area contributed by atoms with Crippen LogP contribution >= 0.6 is 0 Å². The zero-order valence-corrected chi connectivity index (χ0v) is 26.4. The molecule has 0 radical (unpaired) electrons. The molecule has 1 amide bonds. The number of nitrogens with one attached hydrogen (secondary N) is 1. The number of hydrogen-bond donors (Lipinski definition) is 2. The van der Waals surface area contributed by atoms with Crippen molar-refractivity contribution in [3.05, 3.63) is 124 Å². The topological polar surface area (TPSA) is 82.1 Å². The summed E-state index contributed by atoms with van der Waals surface area (Å²) in [7, 11) is 0. The van der Waals surface area contributed by atoms with E-state index in [0.29, 0.717) is 30.0 Å². The molecule has 4 aromatic rings. The lowest BCUT2D eigenvalue weighted by Gasteiger charge is -2.35. The van der Waals surface area contributed by atoms with Crippen LogP contribution < -0.4 is 10.1 Å². The SMILES string of the molecule is CC(C)c1cc(NC(=O)c2ccc(Oc3ccccc3)cc2)c(C(=O)O)cc1CN1CCN(CCc2ccc(C(F)(F)F)cc2)CC1. The van der Waals surface area contributed by atoms with Crippen molar-refractivity contribution in [2.45, 2.75) is 38.9 Å². The number of hydrogen-bond acceptors (Lipinski definition) is 5. The first-order chi connectivity index (χ1) is 22.5. The van der Waals surface area contributed by atoms with E-state index in [4.69, 9.17) is 4.74 Å². The highest BCUT2D eigenvalue weighted by Gasteiger charge is 2.30. The molecule has 10 heteroatoms. The fourth-order valence-corrected chi connectivity index (χ4v) is 5.67. The Labute approximate surface area is 272 Å². The molecule has 1 saturated heterocycles. The van der Waals surface area contributed by atoms with Crippen LogP contribution in [0.1, 0.15) is 62.7 Å². The normalized spacial score (nSPS) is 14.3. The fourth-order valence-electron chi connectivity index (χ4n) is 5.67. The fraction of sp³-hybridized carbons (Fsp3) is 0.297. The molecule has 1 fully saturated rings. The minimum absolute atomic E-state index is 0.0250. The Kier molecular flexibility index (Phi) is 10.6. The van der Waals surface area contributed by atoms with Crippen LogP contribution in [0.3, 0.4) is 0 Å². The van der Waals surface area contributed by atoms with Crippen LogP contribution in [0.25, 0.3) is 0 Å². The van der Waals surface area contributed by atoms with Crippen molar-refractivity contribution in [2.24, 2.45) is 0 Å². The molecule has 0 atom stereocenters. The van der Waals surface area contributed by atoms with Crippen LogP contribution in [0, 0.1) is 0 Å². The summed E-state index contributed by atoms with van der Waals surface area (Å²) in [6, 6.07) is 24.7. The van der Waals surface area contributed by atoms with Crippen molar-refractivity contribution >= 4 is 17.6 Å². The molecule has 1 heterocycles. The van der Waals surface area contributed by atoms with E-state index >= 15 is 0 Å². The summed E-state index contributed by atoms with van der Waals surface area (Å²) in [6.45, 7) is 8.53. The minimum Gasteiger partial charge on any atom is -0.478 e. The zero-order chi connectivity index (χ0) is 33.6.